The van der Waals surface area contributed by atoms with E-state index in [0.717, 1.165) is 6.07 Å². The summed E-state index contributed by atoms with van der Waals surface area (Å²) in [6.45, 7) is 2.00. The highest BCUT2D eigenvalue weighted by molar-refractivity contribution is 6.12. The third kappa shape index (κ3) is 3.45. The van der Waals surface area contributed by atoms with E-state index in [9.17, 15) is 18.4 Å². The van der Waals surface area contributed by atoms with Crippen molar-refractivity contribution in [2.24, 2.45) is 0 Å². The average Bonchev–Trinajstić information content (AvgIpc) is 2.76. The monoisotopic (exact) mass is 405 g/mol. The standard InChI is InChI=1S/C23H17F2N3O2/c1-2-28-23(30)17-11-7-6-10-16(17)21(27-28)22(29)26-20-18(12-15(24)13-19(20)25)14-8-4-3-5-9-14/h3-13H,2H2,1H3,(H,26,29). The first-order valence-electron chi connectivity index (χ1n) is 9.35. The quantitative estimate of drug-likeness (QED) is 0.539. The third-order valence-corrected chi connectivity index (χ3v) is 4.76. The molecule has 30 heavy (non-hydrogen) atoms. The lowest BCUT2D eigenvalue weighted by atomic mass is 10.0. The van der Waals surface area contributed by atoms with Gasteiger partial charge in [0.25, 0.3) is 11.5 Å². The van der Waals surface area contributed by atoms with Gasteiger partial charge < -0.3 is 5.32 Å². The van der Waals surface area contributed by atoms with Crippen LogP contribution in [0, 0.1) is 11.6 Å². The van der Waals surface area contributed by atoms with Crippen LogP contribution in [0.25, 0.3) is 21.9 Å². The van der Waals surface area contributed by atoms with Crippen LogP contribution in [0.15, 0.2) is 71.5 Å². The Morgan fingerprint density at radius 2 is 1.67 bits per heavy atom. The maximum absolute atomic E-state index is 14.7. The number of nitrogens with zero attached hydrogens (tertiary/aromatic N) is 2. The number of benzene rings is 3. The zero-order chi connectivity index (χ0) is 21.3. The van der Waals surface area contributed by atoms with Crippen LogP contribution in [-0.2, 0) is 6.54 Å². The fourth-order valence-electron chi connectivity index (χ4n) is 3.34. The Balaban J connectivity index is 1.85. The molecular formula is C23H17F2N3O2. The molecule has 0 spiro atoms. The van der Waals surface area contributed by atoms with Crippen molar-refractivity contribution in [2.75, 3.05) is 5.32 Å². The number of hydrogen-bond acceptors (Lipinski definition) is 3. The van der Waals surface area contributed by atoms with Crippen LogP contribution < -0.4 is 10.9 Å². The number of anilines is 1. The minimum absolute atomic E-state index is 0.0187. The Bertz CT molecular complexity index is 1320. The van der Waals surface area contributed by atoms with E-state index < -0.39 is 17.5 Å². The molecule has 4 aromatic rings. The number of amides is 1. The summed E-state index contributed by atoms with van der Waals surface area (Å²) in [6, 6.07) is 17.1. The molecule has 0 aliphatic carbocycles. The summed E-state index contributed by atoms with van der Waals surface area (Å²) < 4.78 is 29.7. The maximum Gasteiger partial charge on any atom is 0.276 e. The Morgan fingerprint density at radius 3 is 2.37 bits per heavy atom. The molecule has 5 nitrogen and oxygen atoms in total. The van der Waals surface area contributed by atoms with Crippen molar-refractivity contribution in [3.8, 4) is 11.1 Å². The normalized spacial score (nSPS) is 10.9. The number of aryl methyl sites for hydroxylation is 1. The number of carbonyl (C=O) groups excluding carboxylic acids is 1. The lowest BCUT2D eigenvalue weighted by molar-refractivity contribution is 0.102. The van der Waals surface area contributed by atoms with Gasteiger partial charge in [-0.2, -0.15) is 5.10 Å². The van der Waals surface area contributed by atoms with Crippen molar-refractivity contribution in [2.45, 2.75) is 13.5 Å². The number of aromatic nitrogens is 2. The molecule has 0 aliphatic rings. The summed E-state index contributed by atoms with van der Waals surface area (Å²) in [5.74, 6) is -2.36. The number of rotatable bonds is 4. The summed E-state index contributed by atoms with van der Waals surface area (Å²) in [5, 5.41) is 7.38. The van der Waals surface area contributed by atoms with Crippen LogP contribution in [0.3, 0.4) is 0 Å². The molecular weight excluding hydrogens is 388 g/mol. The van der Waals surface area contributed by atoms with E-state index in [2.05, 4.69) is 10.4 Å². The van der Waals surface area contributed by atoms with E-state index in [1.54, 1.807) is 61.5 Å². The minimum Gasteiger partial charge on any atom is -0.318 e. The maximum atomic E-state index is 14.7. The molecule has 150 valence electrons. The number of nitrogens with one attached hydrogen (secondary N) is 1. The van der Waals surface area contributed by atoms with Crippen LogP contribution in [-0.4, -0.2) is 15.7 Å². The lowest BCUT2D eigenvalue weighted by Gasteiger charge is -2.14. The van der Waals surface area contributed by atoms with Gasteiger partial charge in [-0.25, -0.2) is 13.5 Å². The SMILES string of the molecule is CCn1nc(C(=O)Nc2c(F)cc(F)cc2-c2ccccc2)c2ccccc2c1=O. The van der Waals surface area contributed by atoms with Gasteiger partial charge in [-0.1, -0.05) is 48.5 Å². The third-order valence-electron chi connectivity index (χ3n) is 4.76. The molecule has 0 unspecified atom stereocenters. The highest BCUT2D eigenvalue weighted by Gasteiger charge is 2.20. The van der Waals surface area contributed by atoms with Crippen molar-refractivity contribution < 1.29 is 13.6 Å². The molecule has 0 fully saturated rings. The Labute approximate surface area is 170 Å². The molecule has 3 aromatic carbocycles. The first kappa shape index (κ1) is 19.4. The fraction of sp³-hybridized carbons (Fsp3) is 0.0870. The second-order valence-corrected chi connectivity index (χ2v) is 6.65. The largest absolute Gasteiger partial charge is 0.318 e. The Hall–Kier alpha value is -3.87. The van der Waals surface area contributed by atoms with Gasteiger partial charge in [-0.15, -0.1) is 0 Å². The smallest absolute Gasteiger partial charge is 0.276 e. The predicted molar refractivity (Wildman–Crippen MR) is 111 cm³/mol. The van der Waals surface area contributed by atoms with E-state index in [4.69, 9.17) is 0 Å². The van der Waals surface area contributed by atoms with Gasteiger partial charge in [-0.05, 0) is 24.6 Å². The van der Waals surface area contributed by atoms with E-state index in [1.165, 1.54) is 4.68 Å². The van der Waals surface area contributed by atoms with Crippen LogP contribution >= 0.6 is 0 Å². The van der Waals surface area contributed by atoms with Gasteiger partial charge in [0.1, 0.15) is 11.6 Å². The van der Waals surface area contributed by atoms with Gasteiger partial charge in [0.15, 0.2) is 5.69 Å². The molecule has 4 rings (SSSR count). The zero-order valence-electron chi connectivity index (χ0n) is 16.0. The predicted octanol–water partition coefficient (Wildman–Crippen LogP) is 4.61. The summed E-state index contributed by atoms with van der Waals surface area (Å²) in [7, 11) is 0. The van der Waals surface area contributed by atoms with Crippen LogP contribution in [0.1, 0.15) is 17.4 Å². The topological polar surface area (TPSA) is 64.0 Å². The fourth-order valence-corrected chi connectivity index (χ4v) is 3.34. The number of halogens is 2. The highest BCUT2D eigenvalue weighted by Crippen LogP contribution is 2.32. The molecule has 0 saturated carbocycles. The van der Waals surface area contributed by atoms with Gasteiger partial charge >= 0.3 is 0 Å². The molecule has 0 saturated heterocycles. The lowest BCUT2D eigenvalue weighted by Crippen LogP contribution is -2.27. The van der Waals surface area contributed by atoms with Crippen LogP contribution in [0.5, 0.6) is 0 Å². The van der Waals surface area contributed by atoms with Crippen molar-refractivity contribution in [1.82, 2.24) is 9.78 Å². The summed E-state index contributed by atoms with van der Waals surface area (Å²) >= 11 is 0. The minimum atomic E-state index is -0.907. The number of hydrogen-bond donors (Lipinski definition) is 1. The van der Waals surface area contributed by atoms with Crippen LogP contribution in [0.4, 0.5) is 14.5 Å². The first-order chi connectivity index (χ1) is 14.5. The van der Waals surface area contributed by atoms with E-state index in [0.29, 0.717) is 22.4 Å². The Kier molecular flexibility index (Phi) is 5.10. The second kappa shape index (κ2) is 7.87. The zero-order valence-corrected chi connectivity index (χ0v) is 16.0. The molecule has 1 N–H and O–H groups in total. The van der Waals surface area contributed by atoms with Crippen molar-refractivity contribution >= 4 is 22.4 Å². The van der Waals surface area contributed by atoms with Gasteiger partial charge in [-0.3, -0.25) is 9.59 Å². The Morgan fingerprint density at radius 1 is 1.00 bits per heavy atom. The van der Waals surface area contributed by atoms with E-state index >= 15 is 0 Å². The molecule has 0 radical (unpaired) electrons. The molecule has 1 aromatic heterocycles. The molecule has 7 heteroatoms. The average molecular weight is 405 g/mol. The molecule has 0 atom stereocenters. The van der Waals surface area contributed by atoms with Crippen molar-refractivity contribution in [1.29, 1.82) is 0 Å². The summed E-state index contributed by atoms with van der Waals surface area (Å²) in [4.78, 5) is 25.6. The van der Waals surface area contributed by atoms with Gasteiger partial charge in [0, 0.05) is 23.6 Å². The molecule has 1 amide bonds. The number of carbonyl (C=O) groups is 1. The highest BCUT2D eigenvalue weighted by atomic mass is 19.1. The molecule has 0 aliphatic heterocycles. The van der Waals surface area contributed by atoms with Gasteiger partial charge in [0.2, 0.25) is 0 Å². The van der Waals surface area contributed by atoms with E-state index in [-0.39, 0.29) is 29.0 Å². The number of fused-ring (bicyclic) bond motifs is 1. The summed E-state index contributed by atoms with van der Waals surface area (Å²) in [5.41, 5.74) is 0.252. The van der Waals surface area contributed by atoms with Crippen LogP contribution in [0.2, 0.25) is 0 Å². The van der Waals surface area contributed by atoms with Gasteiger partial charge in [0.05, 0.1) is 11.1 Å². The molecule has 1 heterocycles. The molecule has 0 bridgehead atoms. The van der Waals surface area contributed by atoms with Crippen molar-refractivity contribution in [3.05, 3.63) is 94.4 Å². The second-order valence-electron chi connectivity index (χ2n) is 6.65. The summed E-state index contributed by atoms with van der Waals surface area (Å²) in [6.07, 6.45) is 0. The first-order valence-corrected chi connectivity index (χ1v) is 9.35. The van der Waals surface area contributed by atoms with E-state index in [1.807, 2.05) is 0 Å². The van der Waals surface area contributed by atoms with Crippen molar-refractivity contribution in [3.63, 3.8) is 0 Å².